The molecule has 0 saturated carbocycles. The van der Waals surface area contributed by atoms with Crippen molar-refractivity contribution < 1.29 is 17.9 Å². The molecule has 0 bridgehead atoms. The van der Waals surface area contributed by atoms with E-state index in [1.165, 1.54) is 6.21 Å². The van der Waals surface area contributed by atoms with Gasteiger partial charge >= 0.3 is 0 Å². The first kappa shape index (κ1) is 24.0. The molecule has 2 aromatic rings. The fourth-order valence-corrected chi connectivity index (χ4v) is 4.64. The van der Waals surface area contributed by atoms with E-state index in [0.29, 0.717) is 52.3 Å². The molecule has 0 amide bonds. The molecule has 2 aromatic carbocycles. The Bertz CT molecular complexity index is 1010. The Balaban J connectivity index is 2.27. The third kappa shape index (κ3) is 6.12. The quantitative estimate of drug-likeness (QED) is 0.428. The Morgan fingerprint density at radius 1 is 1.10 bits per heavy atom. The second-order valence-electron chi connectivity index (χ2n) is 7.55. The summed E-state index contributed by atoms with van der Waals surface area (Å²) in [4.78, 5) is 2.51. The summed E-state index contributed by atoms with van der Waals surface area (Å²) >= 11 is 6.37. The van der Waals surface area contributed by atoms with Gasteiger partial charge in [0.15, 0.2) is 11.5 Å². The van der Waals surface area contributed by atoms with Crippen LogP contribution in [0.1, 0.15) is 43.0 Å². The summed E-state index contributed by atoms with van der Waals surface area (Å²) in [7, 11) is -3.80. The molecule has 0 aliphatic rings. The molecule has 0 aliphatic heterocycles. The van der Waals surface area contributed by atoms with E-state index >= 15 is 0 Å². The van der Waals surface area contributed by atoms with E-state index < -0.39 is 10.0 Å². The van der Waals surface area contributed by atoms with E-state index in [-0.39, 0.29) is 4.90 Å². The zero-order chi connectivity index (χ0) is 22.5. The highest BCUT2D eigenvalue weighted by molar-refractivity contribution is 7.89. The maximum absolute atomic E-state index is 12.7. The van der Waals surface area contributed by atoms with Crippen molar-refractivity contribution in [1.82, 2.24) is 4.83 Å². The van der Waals surface area contributed by atoms with E-state index in [2.05, 4.69) is 9.93 Å². The monoisotopic (exact) mass is 452 g/mol. The standard InChI is InChI=1S/C22H29ClN2O4S/c1-7-28-20-11-18(10-19(23)21(20)29-13-14(2)3)12-24-25-30(26,27)22-16(5)8-15(4)9-17(22)6/h8-12,14,25H,7,13H2,1-6H3/b24-12+. The number of nitrogens with one attached hydrogen (secondary N) is 1. The van der Waals surface area contributed by atoms with Crippen LogP contribution < -0.4 is 14.3 Å². The summed E-state index contributed by atoms with van der Waals surface area (Å²) in [5.41, 5.74) is 2.93. The summed E-state index contributed by atoms with van der Waals surface area (Å²) in [6, 6.07) is 7.02. The van der Waals surface area contributed by atoms with E-state index in [0.717, 1.165) is 5.56 Å². The van der Waals surface area contributed by atoms with Crippen LogP contribution in [0.4, 0.5) is 0 Å². The molecule has 0 spiro atoms. The van der Waals surface area contributed by atoms with Crippen molar-refractivity contribution in [3.8, 4) is 11.5 Å². The minimum Gasteiger partial charge on any atom is -0.490 e. The van der Waals surface area contributed by atoms with Crippen LogP contribution in [0.2, 0.25) is 5.02 Å². The maximum Gasteiger partial charge on any atom is 0.277 e. The molecule has 6 nitrogen and oxygen atoms in total. The highest BCUT2D eigenvalue weighted by Crippen LogP contribution is 2.36. The number of aryl methyl sites for hydroxylation is 3. The summed E-state index contributed by atoms with van der Waals surface area (Å²) < 4.78 is 36.9. The zero-order valence-corrected chi connectivity index (χ0v) is 19.8. The Kier molecular flexibility index (Phi) is 8.15. The van der Waals surface area contributed by atoms with Crippen molar-refractivity contribution in [2.45, 2.75) is 46.4 Å². The van der Waals surface area contributed by atoms with Crippen LogP contribution in [0.3, 0.4) is 0 Å². The van der Waals surface area contributed by atoms with Gasteiger partial charge in [-0.1, -0.05) is 43.1 Å². The molecular formula is C22H29ClN2O4S. The first-order valence-corrected chi connectivity index (χ1v) is 11.6. The molecule has 0 unspecified atom stereocenters. The number of rotatable bonds is 9. The molecule has 0 atom stereocenters. The van der Waals surface area contributed by atoms with Gasteiger partial charge in [-0.2, -0.15) is 13.5 Å². The van der Waals surface area contributed by atoms with E-state index in [1.807, 2.05) is 39.8 Å². The van der Waals surface area contributed by atoms with E-state index in [9.17, 15) is 8.42 Å². The zero-order valence-electron chi connectivity index (χ0n) is 18.2. The number of nitrogens with zero attached hydrogens (tertiary/aromatic N) is 1. The molecule has 0 radical (unpaired) electrons. The number of hydrogen-bond acceptors (Lipinski definition) is 5. The second-order valence-corrected chi connectivity index (χ2v) is 9.55. The fraction of sp³-hybridized carbons (Fsp3) is 0.409. The van der Waals surface area contributed by atoms with Crippen LogP contribution in [-0.2, 0) is 10.0 Å². The van der Waals surface area contributed by atoms with Crippen LogP contribution >= 0.6 is 11.6 Å². The highest BCUT2D eigenvalue weighted by Gasteiger charge is 2.19. The summed E-state index contributed by atoms with van der Waals surface area (Å²) in [6.45, 7) is 12.3. The number of hydrogen-bond donors (Lipinski definition) is 1. The molecular weight excluding hydrogens is 424 g/mol. The lowest BCUT2D eigenvalue weighted by Gasteiger charge is -2.15. The molecule has 1 N–H and O–H groups in total. The number of halogens is 1. The van der Waals surface area contributed by atoms with Crippen LogP contribution in [0.15, 0.2) is 34.3 Å². The predicted molar refractivity (Wildman–Crippen MR) is 122 cm³/mol. The molecule has 164 valence electrons. The van der Waals surface area contributed by atoms with Crippen molar-refractivity contribution in [3.63, 3.8) is 0 Å². The molecule has 0 heterocycles. The Morgan fingerprint density at radius 3 is 2.30 bits per heavy atom. The van der Waals surface area contributed by atoms with Crippen LogP contribution in [-0.4, -0.2) is 27.8 Å². The maximum atomic E-state index is 12.7. The van der Waals surface area contributed by atoms with Crippen LogP contribution in [0, 0.1) is 26.7 Å². The topological polar surface area (TPSA) is 77.0 Å². The van der Waals surface area contributed by atoms with Crippen molar-refractivity contribution in [1.29, 1.82) is 0 Å². The van der Waals surface area contributed by atoms with Crippen LogP contribution in [0.5, 0.6) is 11.5 Å². The number of benzene rings is 2. The van der Waals surface area contributed by atoms with Gasteiger partial charge in [0.2, 0.25) is 0 Å². The normalized spacial score (nSPS) is 11.9. The van der Waals surface area contributed by atoms with Gasteiger partial charge in [-0.25, -0.2) is 4.83 Å². The first-order valence-electron chi connectivity index (χ1n) is 9.77. The Morgan fingerprint density at radius 2 is 1.73 bits per heavy atom. The largest absolute Gasteiger partial charge is 0.490 e. The smallest absolute Gasteiger partial charge is 0.277 e. The predicted octanol–water partition coefficient (Wildman–Crippen LogP) is 5.01. The highest BCUT2D eigenvalue weighted by atomic mass is 35.5. The minimum absolute atomic E-state index is 0.232. The molecule has 0 aromatic heterocycles. The lowest BCUT2D eigenvalue weighted by molar-refractivity contribution is 0.248. The lowest BCUT2D eigenvalue weighted by atomic mass is 10.1. The van der Waals surface area contributed by atoms with Crippen molar-refractivity contribution >= 4 is 27.8 Å². The average Bonchev–Trinajstić information content (AvgIpc) is 2.59. The first-order chi connectivity index (χ1) is 14.0. The van der Waals surface area contributed by atoms with Crippen molar-refractivity contribution in [2.75, 3.05) is 13.2 Å². The number of sulfonamides is 1. The van der Waals surface area contributed by atoms with Gasteiger partial charge in [0, 0.05) is 0 Å². The molecule has 8 heteroatoms. The van der Waals surface area contributed by atoms with Crippen LogP contribution in [0.25, 0.3) is 0 Å². The average molecular weight is 453 g/mol. The summed E-state index contributed by atoms with van der Waals surface area (Å²) in [6.07, 6.45) is 1.39. The van der Waals surface area contributed by atoms with Gasteiger partial charge in [0.05, 0.1) is 29.3 Å². The van der Waals surface area contributed by atoms with Crippen molar-refractivity contribution in [2.24, 2.45) is 11.0 Å². The lowest BCUT2D eigenvalue weighted by Crippen LogP contribution is -2.20. The van der Waals surface area contributed by atoms with Gasteiger partial charge in [0.25, 0.3) is 10.0 Å². The Hall–Kier alpha value is -2.25. The third-order valence-corrected chi connectivity index (χ3v) is 5.96. The number of hydrazone groups is 1. The number of ether oxygens (including phenoxy) is 2. The van der Waals surface area contributed by atoms with Gasteiger partial charge in [-0.15, -0.1) is 0 Å². The third-order valence-electron chi connectivity index (χ3n) is 4.15. The van der Waals surface area contributed by atoms with Gasteiger partial charge in [-0.3, -0.25) is 0 Å². The Labute approximate surface area is 184 Å². The van der Waals surface area contributed by atoms with Gasteiger partial charge < -0.3 is 9.47 Å². The summed E-state index contributed by atoms with van der Waals surface area (Å²) in [5.74, 6) is 1.29. The van der Waals surface area contributed by atoms with Gasteiger partial charge in [-0.05, 0) is 62.4 Å². The van der Waals surface area contributed by atoms with Gasteiger partial charge in [0.1, 0.15) is 0 Å². The molecule has 0 fully saturated rings. The molecule has 30 heavy (non-hydrogen) atoms. The fourth-order valence-electron chi connectivity index (χ4n) is 3.12. The minimum atomic E-state index is -3.80. The molecule has 0 aliphatic carbocycles. The molecule has 0 saturated heterocycles. The second kappa shape index (κ2) is 10.2. The van der Waals surface area contributed by atoms with E-state index in [4.69, 9.17) is 21.1 Å². The summed E-state index contributed by atoms with van der Waals surface area (Å²) in [5, 5.41) is 4.29. The SMILES string of the molecule is CCOc1cc(/C=N/NS(=O)(=O)c2c(C)cc(C)cc2C)cc(Cl)c1OCC(C)C. The van der Waals surface area contributed by atoms with Crippen molar-refractivity contribution in [3.05, 3.63) is 51.5 Å². The van der Waals surface area contributed by atoms with E-state index in [1.54, 1.807) is 26.0 Å². The molecule has 2 rings (SSSR count).